The molecule has 1 unspecified atom stereocenters. The van der Waals surface area contributed by atoms with E-state index in [-0.39, 0.29) is 11.2 Å². The molecule has 1 aliphatic rings. The van der Waals surface area contributed by atoms with Gasteiger partial charge in [0.2, 0.25) is 5.76 Å². The van der Waals surface area contributed by atoms with Crippen LogP contribution in [0.15, 0.2) is 78.8 Å². The number of carbonyl (C=O) groups is 1. The van der Waals surface area contributed by atoms with Crippen molar-refractivity contribution in [2.75, 3.05) is 12.0 Å². The summed E-state index contributed by atoms with van der Waals surface area (Å²) in [6, 6.07) is 17.0. The lowest BCUT2D eigenvalue weighted by atomic mass is 9.98. The van der Waals surface area contributed by atoms with Crippen molar-refractivity contribution in [3.63, 3.8) is 0 Å². The largest absolute Gasteiger partial charge is 0.495 e. The second-order valence-corrected chi connectivity index (χ2v) is 9.50. The van der Waals surface area contributed by atoms with Crippen LogP contribution in [0, 0.1) is 0 Å². The number of halogens is 3. The third kappa shape index (κ3) is 3.36. The molecule has 1 aromatic heterocycles. The van der Waals surface area contributed by atoms with Crippen molar-refractivity contribution < 1.29 is 13.9 Å². The molecular weight excluding hydrogens is 562 g/mol. The summed E-state index contributed by atoms with van der Waals surface area (Å²) in [6.07, 6.45) is 0. The zero-order valence-electron chi connectivity index (χ0n) is 16.6. The van der Waals surface area contributed by atoms with Gasteiger partial charge in [-0.3, -0.25) is 14.5 Å². The highest BCUT2D eigenvalue weighted by Gasteiger charge is 2.43. The Morgan fingerprint density at radius 1 is 1.00 bits per heavy atom. The van der Waals surface area contributed by atoms with E-state index in [0.29, 0.717) is 33.0 Å². The lowest BCUT2D eigenvalue weighted by Crippen LogP contribution is -2.29. The molecule has 0 saturated carbocycles. The number of hydrogen-bond acceptors (Lipinski definition) is 4. The Hall–Kier alpha value is -2.61. The van der Waals surface area contributed by atoms with Crippen molar-refractivity contribution in [1.82, 2.24) is 0 Å². The van der Waals surface area contributed by atoms with Gasteiger partial charge in [-0.25, -0.2) is 0 Å². The lowest BCUT2D eigenvalue weighted by Gasteiger charge is -2.25. The monoisotopic (exact) mass is 573 g/mol. The predicted octanol–water partition coefficient (Wildman–Crippen LogP) is 6.73. The average Bonchev–Trinajstić information content (AvgIpc) is 3.07. The number of benzene rings is 3. The minimum atomic E-state index is -0.681. The molecule has 4 aromatic rings. The van der Waals surface area contributed by atoms with E-state index in [9.17, 15) is 9.59 Å². The van der Waals surface area contributed by atoms with Gasteiger partial charge in [0.1, 0.15) is 11.3 Å². The average molecular weight is 576 g/mol. The SMILES string of the molecule is COc1ccc(N2C(=O)c3oc4ccc(Br)cc4c(=O)c3C2c2cccc(Br)c2)cc1Cl. The van der Waals surface area contributed by atoms with Crippen molar-refractivity contribution in [1.29, 1.82) is 0 Å². The van der Waals surface area contributed by atoms with E-state index in [1.807, 2.05) is 24.3 Å². The summed E-state index contributed by atoms with van der Waals surface area (Å²) < 4.78 is 12.8. The van der Waals surface area contributed by atoms with E-state index in [1.54, 1.807) is 36.4 Å². The first-order valence-corrected chi connectivity index (χ1v) is 11.5. The number of rotatable bonds is 3. The summed E-state index contributed by atoms with van der Waals surface area (Å²) in [5, 5.41) is 0.760. The third-order valence-electron chi connectivity index (χ3n) is 5.41. The van der Waals surface area contributed by atoms with Crippen molar-refractivity contribution in [2.45, 2.75) is 6.04 Å². The summed E-state index contributed by atoms with van der Waals surface area (Å²) in [6.45, 7) is 0. The number of ether oxygens (including phenoxy) is 1. The maximum atomic E-state index is 13.6. The first kappa shape index (κ1) is 21.2. The van der Waals surface area contributed by atoms with Crippen LogP contribution in [0.25, 0.3) is 11.0 Å². The van der Waals surface area contributed by atoms with E-state index in [1.165, 1.54) is 12.0 Å². The molecule has 5 rings (SSSR count). The van der Waals surface area contributed by atoms with Crippen LogP contribution in [-0.4, -0.2) is 13.0 Å². The molecule has 3 aromatic carbocycles. The van der Waals surface area contributed by atoms with Crippen LogP contribution in [0.2, 0.25) is 5.02 Å². The van der Waals surface area contributed by atoms with Crippen LogP contribution in [0.3, 0.4) is 0 Å². The third-order valence-corrected chi connectivity index (χ3v) is 6.69. The van der Waals surface area contributed by atoms with Gasteiger partial charge in [-0.1, -0.05) is 55.6 Å². The molecule has 2 heterocycles. The molecule has 0 bridgehead atoms. The van der Waals surface area contributed by atoms with Gasteiger partial charge in [-0.05, 0) is 54.1 Å². The Labute approximate surface area is 204 Å². The smallest absolute Gasteiger partial charge is 0.295 e. The number of fused-ring (bicyclic) bond motifs is 2. The number of carbonyl (C=O) groups excluding carboxylic acids is 1. The van der Waals surface area contributed by atoms with Crippen molar-refractivity contribution >= 4 is 66.0 Å². The van der Waals surface area contributed by atoms with Gasteiger partial charge >= 0.3 is 0 Å². The van der Waals surface area contributed by atoms with Gasteiger partial charge < -0.3 is 9.15 Å². The normalized spacial score (nSPS) is 15.3. The zero-order valence-corrected chi connectivity index (χ0v) is 20.5. The molecule has 0 fully saturated rings. The van der Waals surface area contributed by atoms with Crippen LogP contribution in [0.4, 0.5) is 5.69 Å². The van der Waals surface area contributed by atoms with Crippen molar-refractivity contribution in [3.8, 4) is 5.75 Å². The standard InChI is InChI=1S/C24H14Br2ClNO4/c1-31-19-8-6-15(11-17(19)27)28-21(12-3-2-4-13(25)9-12)20-22(29)16-10-14(26)5-7-18(16)32-23(20)24(28)30/h2-11,21H,1H3. The van der Waals surface area contributed by atoms with E-state index in [4.69, 9.17) is 20.8 Å². The quantitative estimate of drug-likeness (QED) is 0.272. The molecule has 0 saturated heterocycles. The summed E-state index contributed by atoms with van der Waals surface area (Å²) in [5.74, 6) is 0.109. The van der Waals surface area contributed by atoms with Crippen molar-refractivity contribution in [3.05, 3.63) is 102 Å². The molecule has 1 aliphatic heterocycles. The highest BCUT2D eigenvalue weighted by atomic mass is 79.9. The highest BCUT2D eigenvalue weighted by molar-refractivity contribution is 9.10. The molecule has 8 heteroatoms. The van der Waals surface area contributed by atoms with E-state index < -0.39 is 11.9 Å². The van der Waals surface area contributed by atoms with Crippen LogP contribution in [-0.2, 0) is 0 Å². The maximum absolute atomic E-state index is 13.6. The molecule has 0 spiro atoms. The summed E-state index contributed by atoms with van der Waals surface area (Å²) in [4.78, 5) is 28.7. The fourth-order valence-corrected chi connectivity index (χ4v) is 5.04. The molecule has 160 valence electrons. The molecule has 5 nitrogen and oxygen atoms in total. The van der Waals surface area contributed by atoms with Crippen LogP contribution >= 0.6 is 43.5 Å². The van der Waals surface area contributed by atoms with E-state index in [0.717, 1.165) is 14.5 Å². The fraction of sp³-hybridized carbons (Fsp3) is 0.0833. The Morgan fingerprint density at radius 3 is 2.50 bits per heavy atom. The van der Waals surface area contributed by atoms with Crippen LogP contribution in [0.5, 0.6) is 5.75 Å². The van der Waals surface area contributed by atoms with E-state index in [2.05, 4.69) is 31.9 Å². The first-order chi connectivity index (χ1) is 15.4. The number of methoxy groups -OCH3 is 1. The molecule has 1 atom stereocenters. The minimum Gasteiger partial charge on any atom is -0.495 e. The fourth-order valence-electron chi connectivity index (χ4n) is 4.01. The van der Waals surface area contributed by atoms with Crippen LogP contribution in [0.1, 0.15) is 27.7 Å². The summed E-state index contributed by atoms with van der Waals surface area (Å²) in [5.41, 5.74) is 1.70. The van der Waals surface area contributed by atoms with Gasteiger partial charge in [-0.15, -0.1) is 0 Å². The summed E-state index contributed by atoms with van der Waals surface area (Å²) >= 11 is 13.3. The van der Waals surface area contributed by atoms with Gasteiger partial charge in [0.15, 0.2) is 5.43 Å². The van der Waals surface area contributed by atoms with Gasteiger partial charge in [-0.2, -0.15) is 0 Å². The molecule has 0 aliphatic carbocycles. The van der Waals surface area contributed by atoms with Gasteiger partial charge in [0.05, 0.1) is 29.1 Å². The second-order valence-electron chi connectivity index (χ2n) is 7.27. The zero-order chi connectivity index (χ0) is 22.6. The Kier molecular flexibility index (Phi) is 5.35. The lowest BCUT2D eigenvalue weighted by molar-refractivity contribution is 0.0971. The Bertz CT molecular complexity index is 1470. The van der Waals surface area contributed by atoms with Gasteiger partial charge in [0, 0.05) is 14.6 Å². The van der Waals surface area contributed by atoms with Gasteiger partial charge in [0.25, 0.3) is 5.91 Å². The second kappa shape index (κ2) is 8.06. The maximum Gasteiger partial charge on any atom is 0.295 e. The summed E-state index contributed by atoms with van der Waals surface area (Å²) in [7, 11) is 1.52. The number of anilines is 1. The molecule has 0 N–H and O–H groups in total. The van der Waals surface area contributed by atoms with Crippen molar-refractivity contribution in [2.24, 2.45) is 0 Å². The number of nitrogens with zero attached hydrogens (tertiary/aromatic N) is 1. The first-order valence-electron chi connectivity index (χ1n) is 9.58. The highest BCUT2D eigenvalue weighted by Crippen LogP contribution is 2.43. The number of hydrogen-bond donors (Lipinski definition) is 0. The molecule has 1 amide bonds. The Balaban J connectivity index is 1.81. The number of amides is 1. The van der Waals surface area contributed by atoms with E-state index >= 15 is 0 Å². The minimum absolute atomic E-state index is 0.0294. The topological polar surface area (TPSA) is 59.8 Å². The molecular formula is C24H14Br2ClNO4. The predicted molar refractivity (Wildman–Crippen MR) is 131 cm³/mol. The molecule has 32 heavy (non-hydrogen) atoms. The molecule has 0 radical (unpaired) electrons. The Morgan fingerprint density at radius 2 is 1.78 bits per heavy atom. The van der Waals surface area contributed by atoms with Crippen LogP contribution < -0.4 is 15.1 Å².